The molecule has 0 N–H and O–H groups in total. The van der Waals surface area contributed by atoms with Crippen LogP contribution < -0.4 is 4.74 Å². The predicted octanol–water partition coefficient (Wildman–Crippen LogP) is 4.03. The van der Waals surface area contributed by atoms with Crippen molar-refractivity contribution in [2.45, 2.75) is 6.92 Å². The lowest BCUT2D eigenvalue weighted by Gasteiger charge is -2.09. The topological polar surface area (TPSA) is 26.3 Å². The van der Waals surface area contributed by atoms with E-state index < -0.39 is 5.82 Å². The van der Waals surface area contributed by atoms with Crippen molar-refractivity contribution in [2.75, 3.05) is 7.11 Å². The molecule has 2 aromatic carbocycles. The average Bonchev–Trinajstić information content (AvgIpc) is 2.38. The fourth-order valence-corrected chi connectivity index (χ4v) is 2.11. The maximum Gasteiger partial charge on any atom is 0.197 e. The number of aryl methyl sites for hydroxylation is 1. The first-order valence-corrected chi connectivity index (χ1v) is 6.05. The van der Waals surface area contributed by atoms with Gasteiger partial charge in [-0.05, 0) is 48.9 Å². The van der Waals surface area contributed by atoms with E-state index >= 15 is 0 Å². The van der Waals surface area contributed by atoms with Crippen LogP contribution >= 0.6 is 11.6 Å². The number of carbonyl (C=O) groups is 1. The number of benzene rings is 2. The summed E-state index contributed by atoms with van der Waals surface area (Å²) < 4.78 is 18.4. The summed E-state index contributed by atoms with van der Waals surface area (Å²) in [6, 6.07) is 8.83. The zero-order valence-electron chi connectivity index (χ0n) is 10.5. The van der Waals surface area contributed by atoms with Crippen LogP contribution in [0.1, 0.15) is 21.5 Å². The molecule has 2 rings (SSSR count). The van der Waals surface area contributed by atoms with Crippen LogP contribution in [0.3, 0.4) is 0 Å². The van der Waals surface area contributed by atoms with Gasteiger partial charge in [-0.25, -0.2) is 4.39 Å². The largest absolute Gasteiger partial charge is 0.496 e. The summed E-state index contributed by atoms with van der Waals surface area (Å²) >= 11 is 5.86. The monoisotopic (exact) mass is 278 g/mol. The minimum atomic E-state index is -0.476. The number of carbonyl (C=O) groups excluding carboxylic acids is 1. The molecule has 0 atom stereocenters. The van der Waals surface area contributed by atoms with E-state index in [1.165, 1.54) is 25.3 Å². The molecule has 0 fully saturated rings. The Morgan fingerprint density at radius 3 is 2.53 bits per heavy atom. The van der Waals surface area contributed by atoms with Crippen LogP contribution in [0.25, 0.3) is 0 Å². The SMILES string of the molecule is COc1ccc(F)cc1C(=O)c1ccc(Cl)cc1C. The van der Waals surface area contributed by atoms with E-state index in [4.69, 9.17) is 16.3 Å². The first kappa shape index (κ1) is 13.6. The Labute approximate surface area is 115 Å². The number of rotatable bonds is 3. The summed E-state index contributed by atoms with van der Waals surface area (Å²) in [5, 5.41) is 0.556. The molecule has 2 nitrogen and oxygen atoms in total. The first-order chi connectivity index (χ1) is 9.02. The smallest absolute Gasteiger partial charge is 0.197 e. The van der Waals surface area contributed by atoms with Gasteiger partial charge in [0.2, 0.25) is 0 Å². The second kappa shape index (κ2) is 5.41. The standard InChI is InChI=1S/C15H12ClFO2/c1-9-7-10(16)3-5-12(9)15(18)13-8-11(17)4-6-14(13)19-2/h3-8H,1-2H3. The Balaban J connectivity index is 2.52. The molecular weight excluding hydrogens is 267 g/mol. The molecule has 0 bridgehead atoms. The highest BCUT2D eigenvalue weighted by Gasteiger charge is 2.17. The quantitative estimate of drug-likeness (QED) is 0.793. The fourth-order valence-electron chi connectivity index (χ4n) is 1.88. The molecule has 19 heavy (non-hydrogen) atoms. The maximum absolute atomic E-state index is 13.3. The van der Waals surface area contributed by atoms with Crippen LogP contribution in [0.2, 0.25) is 5.02 Å². The normalized spacial score (nSPS) is 10.3. The van der Waals surface area contributed by atoms with Gasteiger partial charge in [-0.1, -0.05) is 11.6 Å². The molecular formula is C15H12ClFO2. The zero-order chi connectivity index (χ0) is 14.0. The number of halogens is 2. The third kappa shape index (κ3) is 2.76. The number of ketones is 1. The van der Waals surface area contributed by atoms with Crippen molar-refractivity contribution >= 4 is 17.4 Å². The Bertz CT molecular complexity index is 638. The van der Waals surface area contributed by atoms with Gasteiger partial charge in [0.25, 0.3) is 0 Å². The molecule has 0 saturated carbocycles. The van der Waals surface area contributed by atoms with E-state index in [0.29, 0.717) is 16.3 Å². The average molecular weight is 279 g/mol. The van der Waals surface area contributed by atoms with Gasteiger partial charge in [0.15, 0.2) is 5.78 Å². The van der Waals surface area contributed by atoms with Gasteiger partial charge in [0.05, 0.1) is 12.7 Å². The van der Waals surface area contributed by atoms with Crippen LogP contribution in [0.15, 0.2) is 36.4 Å². The molecule has 0 spiro atoms. The minimum Gasteiger partial charge on any atom is -0.496 e. The Morgan fingerprint density at radius 1 is 1.16 bits per heavy atom. The van der Waals surface area contributed by atoms with Crippen molar-refractivity contribution in [2.24, 2.45) is 0 Å². The van der Waals surface area contributed by atoms with Gasteiger partial charge in [-0.15, -0.1) is 0 Å². The molecule has 0 amide bonds. The molecule has 0 aliphatic carbocycles. The van der Waals surface area contributed by atoms with E-state index in [1.807, 2.05) is 0 Å². The van der Waals surface area contributed by atoms with Gasteiger partial charge < -0.3 is 4.74 Å². The lowest BCUT2D eigenvalue weighted by molar-refractivity contribution is 0.103. The van der Waals surface area contributed by atoms with Crippen LogP contribution in [-0.4, -0.2) is 12.9 Å². The molecule has 2 aromatic rings. The van der Waals surface area contributed by atoms with E-state index in [-0.39, 0.29) is 11.3 Å². The number of hydrogen-bond donors (Lipinski definition) is 0. The van der Waals surface area contributed by atoms with E-state index in [1.54, 1.807) is 25.1 Å². The molecule has 0 aliphatic heterocycles. The second-order valence-electron chi connectivity index (χ2n) is 4.13. The van der Waals surface area contributed by atoms with Crippen LogP contribution in [0.5, 0.6) is 5.75 Å². The van der Waals surface area contributed by atoms with Crippen molar-refractivity contribution in [1.82, 2.24) is 0 Å². The van der Waals surface area contributed by atoms with Gasteiger partial charge in [-0.2, -0.15) is 0 Å². The highest BCUT2D eigenvalue weighted by Crippen LogP contribution is 2.25. The summed E-state index contributed by atoms with van der Waals surface area (Å²) in [6.45, 7) is 1.78. The maximum atomic E-state index is 13.3. The van der Waals surface area contributed by atoms with Crippen molar-refractivity contribution in [3.8, 4) is 5.75 Å². The molecule has 0 heterocycles. The summed E-state index contributed by atoms with van der Waals surface area (Å²) in [4.78, 5) is 12.4. The lowest BCUT2D eigenvalue weighted by Crippen LogP contribution is -2.06. The Morgan fingerprint density at radius 2 is 1.89 bits per heavy atom. The van der Waals surface area contributed by atoms with E-state index in [9.17, 15) is 9.18 Å². The predicted molar refractivity (Wildman–Crippen MR) is 72.6 cm³/mol. The zero-order valence-corrected chi connectivity index (χ0v) is 11.3. The van der Waals surface area contributed by atoms with Gasteiger partial charge in [0, 0.05) is 10.6 Å². The molecule has 0 saturated heterocycles. The van der Waals surface area contributed by atoms with E-state index in [0.717, 1.165) is 5.56 Å². The molecule has 0 aromatic heterocycles. The van der Waals surface area contributed by atoms with Crippen molar-refractivity contribution in [1.29, 1.82) is 0 Å². The highest BCUT2D eigenvalue weighted by molar-refractivity contribution is 6.30. The summed E-state index contributed by atoms with van der Waals surface area (Å²) in [7, 11) is 1.44. The van der Waals surface area contributed by atoms with E-state index in [2.05, 4.69) is 0 Å². The number of ether oxygens (including phenoxy) is 1. The summed E-state index contributed by atoms with van der Waals surface area (Å²) in [6.07, 6.45) is 0. The molecule has 0 unspecified atom stereocenters. The van der Waals surface area contributed by atoms with Crippen molar-refractivity contribution in [3.05, 3.63) is 63.9 Å². The van der Waals surface area contributed by atoms with Gasteiger partial charge in [-0.3, -0.25) is 4.79 Å². The van der Waals surface area contributed by atoms with Gasteiger partial charge >= 0.3 is 0 Å². The number of methoxy groups -OCH3 is 1. The molecule has 98 valence electrons. The molecule has 4 heteroatoms. The van der Waals surface area contributed by atoms with Gasteiger partial charge in [0.1, 0.15) is 11.6 Å². The lowest BCUT2D eigenvalue weighted by atomic mass is 9.98. The van der Waals surface area contributed by atoms with Crippen LogP contribution in [-0.2, 0) is 0 Å². The van der Waals surface area contributed by atoms with Crippen molar-refractivity contribution < 1.29 is 13.9 Å². The van der Waals surface area contributed by atoms with Crippen LogP contribution in [0, 0.1) is 12.7 Å². The second-order valence-corrected chi connectivity index (χ2v) is 4.57. The third-order valence-electron chi connectivity index (χ3n) is 2.84. The Hall–Kier alpha value is -1.87. The fraction of sp³-hybridized carbons (Fsp3) is 0.133. The Kier molecular flexibility index (Phi) is 3.86. The highest BCUT2D eigenvalue weighted by atomic mass is 35.5. The minimum absolute atomic E-state index is 0.202. The summed E-state index contributed by atoms with van der Waals surface area (Å²) in [5.41, 5.74) is 1.42. The van der Waals surface area contributed by atoms with Crippen LogP contribution in [0.4, 0.5) is 4.39 Å². The molecule has 0 aliphatic rings. The first-order valence-electron chi connectivity index (χ1n) is 5.67. The van der Waals surface area contributed by atoms with Crippen molar-refractivity contribution in [3.63, 3.8) is 0 Å². The number of hydrogen-bond acceptors (Lipinski definition) is 2. The third-order valence-corrected chi connectivity index (χ3v) is 3.07. The summed E-state index contributed by atoms with van der Waals surface area (Å²) in [5.74, 6) is -0.415. The molecule has 0 radical (unpaired) electrons.